The standard InChI is InChI=1S/C17H22FNO2/c18-13-7-8-15-12(11-13)9-10-17(15,16(20)21)19-14-5-3-1-2-4-6-14/h7-8,11,14,19H,1-6,9-10H2,(H,20,21). The van der Waals surface area contributed by atoms with Crippen molar-refractivity contribution in [2.24, 2.45) is 0 Å². The Kier molecular flexibility index (Phi) is 3.98. The van der Waals surface area contributed by atoms with Crippen molar-refractivity contribution in [3.8, 4) is 0 Å². The zero-order valence-electron chi connectivity index (χ0n) is 12.2. The first kappa shape index (κ1) is 14.5. The topological polar surface area (TPSA) is 49.3 Å². The Labute approximate surface area is 124 Å². The van der Waals surface area contributed by atoms with E-state index in [-0.39, 0.29) is 11.9 Å². The molecule has 0 aliphatic heterocycles. The van der Waals surface area contributed by atoms with Crippen LogP contribution >= 0.6 is 0 Å². The van der Waals surface area contributed by atoms with Crippen LogP contribution in [0.15, 0.2) is 18.2 Å². The van der Waals surface area contributed by atoms with Crippen LogP contribution in [0.25, 0.3) is 0 Å². The third-order valence-electron chi connectivity index (χ3n) is 4.97. The Morgan fingerprint density at radius 1 is 1.24 bits per heavy atom. The molecule has 3 nitrogen and oxygen atoms in total. The fourth-order valence-corrected chi connectivity index (χ4v) is 3.85. The van der Waals surface area contributed by atoms with E-state index < -0.39 is 11.5 Å². The predicted octanol–water partition coefficient (Wildman–Crippen LogP) is 3.36. The number of carboxylic acid groups (broad SMARTS) is 1. The van der Waals surface area contributed by atoms with Crippen LogP contribution in [0, 0.1) is 5.82 Å². The maximum Gasteiger partial charge on any atom is 0.328 e. The lowest BCUT2D eigenvalue weighted by Gasteiger charge is -2.32. The van der Waals surface area contributed by atoms with Crippen LogP contribution in [0.1, 0.15) is 56.1 Å². The highest BCUT2D eigenvalue weighted by molar-refractivity contribution is 5.82. The summed E-state index contributed by atoms with van der Waals surface area (Å²) in [7, 11) is 0. The summed E-state index contributed by atoms with van der Waals surface area (Å²) in [6, 6.07) is 4.75. The van der Waals surface area contributed by atoms with Crippen molar-refractivity contribution in [2.75, 3.05) is 0 Å². The molecule has 0 bridgehead atoms. The van der Waals surface area contributed by atoms with Gasteiger partial charge >= 0.3 is 5.97 Å². The second-order valence-corrected chi connectivity index (χ2v) is 6.34. The molecule has 1 aromatic carbocycles. The van der Waals surface area contributed by atoms with E-state index in [2.05, 4.69) is 5.32 Å². The van der Waals surface area contributed by atoms with Crippen LogP contribution in [0.4, 0.5) is 4.39 Å². The molecule has 2 N–H and O–H groups in total. The van der Waals surface area contributed by atoms with Crippen molar-refractivity contribution >= 4 is 5.97 Å². The van der Waals surface area contributed by atoms with E-state index in [1.165, 1.54) is 25.0 Å². The normalized spacial score (nSPS) is 26.3. The Morgan fingerprint density at radius 3 is 2.62 bits per heavy atom. The molecule has 0 spiro atoms. The number of benzene rings is 1. The third-order valence-corrected chi connectivity index (χ3v) is 4.97. The lowest BCUT2D eigenvalue weighted by Crippen LogP contribution is -2.52. The van der Waals surface area contributed by atoms with Crippen molar-refractivity contribution in [1.29, 1.82) is 0 Å². The molecular weight excluding hydrogens is 269 g/mol. The molecule has 0 aromatic heterocycles. The Morgan fingerprint density at radius 2 is 1.95 bits per heavy atom. The molecular formula is C17H22FNO2. The van der Waals surface area contributed by atoms with E-state index >= 15 is 0 Å². The van der Waals surface area contributed by atoms with Crippen molar-refractivity contribution < 1.29 is 14.3 Å². The molecule has 0 saturated heterocycles. The van der Waals surface area contributed by atoms with E-state index in [0.717, 1.165) is 36.8 Å². The molecule has 1 atom stereocenters. The van der Waals surface area contributed by atoms with Gasteiger partial charge in [0.1, 0.15) is 11.4 Å². The molecule has 1 saturated carbocycles. The van der Waals surface area contributed by atoms with E-state index in [9.17, 15) is 14.3 Å². The fraction of sp³-hybridized carbons (Fsp3) is 0.588. The van der Waals surface area contributed by atoms with E-state index in [1.807, 2.05) is 0 Å². The summed E-state index contributed by atoms with van der Waals surface area (Å²) >= 11 is 0. The van der Waals surface area contributed by atoms with Gasteiger partial charge in [-0.15, -0.1) is 0 Å². The number of aryl methyl sites for hydroxylation is 1. The first-order valence-corrected chi connectivity index (χ1v) is 7.92. The zero-order chi connectivity index (χ0) is 14.9. The monoisotopic (exact) mass is 291 g/mol. The molecule has 4 heteroatoms. The smallest absolute Gasteiger partial charge is 0.328 e. The maximum absolute atomic E-state index is 13.4. The second-order valence-electron chi connectivity index (χ2n) is 6.34. The van der Waals surface area contributed by atoms with Gasteiger partial charge in [0.2, 0.25) is 0 Å². The lowest BCUT2D eigenvalue weighted by atomic mass is 9.89. The van der Waals surface area contributed by atoms with Crippen LogP contribution in [0.2, 0.25) is 0 Å². The quantitative estimate of drug-likeness (QED) is 0.840. The number of fused-ring (bicyclic) bond motifs is 1. The average molecular weight is 291 g/mol. The first-order valence-electron chi connectivity index (χ1n) is 7.92. The van der Waals surface area contributed by atoms with Gasteiger partial charge in [-0.05, 0) is 48.9 Å². The van der Waals surface area contributed by atoms with Gasteiger partial charge in [-0.2, -0.15) is 0 Å². The molecule has 21 heavy (non-hydrogen) atoms. The number of rotatable bonds is 3. The average Bonchev–Trinajstić information content (AvgIpc) is 2.64. The largest absolute Gasteiger partial charge is 0.480 e. The van der Waals surface area contributed by atoms with Gasteiger partial charge in [0, 0.05) is 6.04 Å². The highest BCUT2D eigenvalue weighted by Crippen LogP contribution is 2.39. The van der Waals surface area contributed by atoms with Crippen LogP contribution in [-0.4, -0.2) is 17.1 Å². The highest BCUT2D eigenvalue weighted by atomic mass is 19.1. The van der Waals surface area contributed by atoms with Crippen molar-refractivity contribution in [3.05, 3.63) is 35.1 Å². The molecule has 1 aromatic rings. The highest BCUT2D eigenvalue weighted by Gasteiger charge is 2.46. The Bertz CT molecular complexity index is 538. The Balaban J connectivity index is 1.90. The predicted molar refractivity (Wildman–Crippen MR) is 78.7 cm³/mol. The molecule has 2 aliphatic carbocycles. The number of hydrogen-bond acceptors (Lipinski definition) is 2. The van der Waals surface area contributed by atoms with Crippen molar-refractivity contribution in [3.63, 3.8) is 0 Å². The number of halogens is 1. The zero-order valence-corrected chi connectivity index (χ0v) is 12.2. The van der Waals surface area contributed by atoms with E-state index in [0.29, 0.717) is 12.8 Å². The summed E-state index contributed by atoms with van der Waals surface area (Å²) in [6.45, 7) is 0. The fourth-order valence-electron chi connectivity index (χ4n) is 3.85. The third kappa shape index (κ3) is 2.69. The second kappa shape index (κ2) is 5.76. The van der Waals surface area contributed by atoms with Gasteiger partial charge in [0.25, 0.3) is 0 Å². The number of carboxylic acids is 1. The molecule has 2 aliphatic rings. The molecule has 1 unspecified atom stereocenters. The van der Waals surface area contributed by atoms with Gasteiger partial charge in [-0.1, -0.05) is 31.7 Å². The van der Waals surface area contributed by atoms with Crippen molar-refractivity contribution in [1.82, 2.24) is 5.32 Å². The van der Waals surface area contributed by atoms with Crippen LogP contribution in [0.5, 0.6) is 0 Å². The van der Waals surface area contributed by atoms with Crippen LogP contribution in [-0.2, 0) is 16.8 Å². The van der Waals surface area contributed by atoms with Gasteiger partial charge < -0.3 is 5.11 Å². The SMILES string of the molecule is O=C(O)C1(NC2CCCCCC2)CCc2cc(F)ccc21. The van der Waals surface area contributed by atoms with Gasteiger partial charge in [-0.3, -0.25) is 5.32 Å². The van der Waals surface area contributed by atoms with Crippen LogP contribution in [0.3, 0.4) is 0 Å². The summed E-state index contributed by atoms with van der Waals surface area (Å²) < 4.78 is 13.4. The van der Waals surface area contributed by atoms with Gasteiger partial charge in [0.05, 0.1) is 0 Å². The van der Waals surface area contributed by atoms with Crippen molar-refractivity contribution in [2.45, 2.75) is 62.9 Å². The van der Waals surface area contributed by atoms with E-state index in [4.69, 9.17) is 0 Å². The number of nitrogens with one attached hydrogen (secondary N) is 1. The lowest BCUT2D eigenvalue weighted by molar-refractivity contribution is -0.145. The van der Waals surface area contributed by atoms with Gasteiger partial charge in [0.15, 0.2) is 0 Å². The molecule has 0 radical (unpaired) electrons. The minimum Gasteiger partial charge on any atom is -0.480 e. The Hall–Kier alpha value is -1.42. The molecule has 3 rings (SSSR count). The summed E-state index contributed by atoms with van der Waals surface area (Å²) in [5.41, 5.74) is 0.553. The summed E-state index contributed by atoms with van der Waals surface area (Å²) in [5.74, 6) is -1.12. The van der Waals surface area contributed by atoms with Crippen LogP contribution < -0.4 is 5.32 Å². The minimum absolute atomic E-state index is 0.250. The van der Waals surface area contributed by atoms with Gasteiger partial charge in [-0.25, -0.2) is 9.18 Å². The number of carbonyl (C=O) groups is 1. The molecule has 0 heterocycles. The molecule has 1 fully saturated rings. The summed E-state index contributed by atoms with van der Waals surface area (Å²) in [4.78, 5) is 12.0. The number of aliphatic carboxylic acids is 1. The summed E-state index contributed by atoms with van der Waals surface area (Å²) in [5, 5.41) is 13.2. The minimum atomic E-state index is -1.03. The maximum atomic E-state index is 13.4. The molecule has 0 amide bonds. The van der Waals surface area contributed by atoms with E-state index in [1.54, 1.807) is 6.07 Å². The summed E-state index contributed by atoms with van der Waals surface area (Å²) in [6.07, 6.45) is 7.99. The molecule has 114 valence electrons. The number of hydrogen-bond donors (Lipinski definition) is 2. The first-order chi connectivity index (χ1) is 10.1.